The molecular weight excluding hydrogens is 350 g/mol. The van der Waals surface area contributed by atoms with E-state index in [1.807, 2.05) is 12.1 Å². The summed E-state index contributed by atoms with van der Waals surface area (Å²) in [6.07, 6.45) is 0.266. The van der Waals surface area contributed by atoms with E-state index in [1.54, 1.807) is 37.3 Å². The van der Waals surface area contributed by atoms with Crippen molar-refractivity contribution >= 4 is 80.6 Å². The van der Waals surface area contributed by atoms with Crippen molar-refractivity contribution < 1.29 is 14.3 Å². The molecule has 0 N–H and O–H groups in total. The Hall–Kier alpha value is -0.0736. The number of para-hydroxylation sites is 1. The molecule has 0 bridgehead atoms. The summed E-state index contributed by atoms with van der Waals surface area (Å²) in [6, 6.07) is 12.4. The van der Waals surface area contributed by atoms with Crippen LogP contribution in [0.15, 0.2) is 42.5 Å². The van der Waals surface area contributed by atoms with E-state index in [0.717, 1.165) is 5.56 Å². The minimum atomic E-state index is -0.362. The van der Waals surface area contributed by atoms with E-state index in [1.165, 1.54) is 0 Å². The number of carbonyl (C=O) groups is 1. The number of ether oxygens (including phenoxy) is 2. The van der Waals surface area contributed by atoms with Gasteiger partial charge in [0.15, 0.2) is 11.5 Å². The van der Waals surface area contributed by atoms with Crippen LogP contribution in [-0.2, 0) is 11.4 Å². The third-order valence-corrected chi connectivity index (χ3v) is 3.29. The zero-order valence-electron chi connectivity index (χ0n) is 11.4. The first-order valence-corrected chi connectivity index (χ1v) is 7.22. The fourth-order valence-electron chi connectivity index (χ4n) is 1.63. The monoisotopic (exact) mass is 364 g/mol. The molecule has 0 aliphatic heterocycles. The normalized spacial score (nSPS) is 9.77. The summed E-state index contributed by atoms with van der Waals surface area (Å²) >= 11 is 11.9. The van der Waals surface area contributed by atoms with Crippen LogP contribution in [0.2, 0.25) is 10.0 Å². The molecule has 0 radical (unpaired) electrons. The van der Waals surface area contributed by atoms with Crippen LogP contribution in [-0.4, -0.2) is 57.4 Å². The summed E-state index contributed by atoms with van der Waals surface area (Å²) in [5.74, 6) is 0.318. The molecule has 0 aliphatic rings. The van der Waals surface area contributed by atoms with Gasteiger partial charge >= 0.3 is 57.4 Å². The standard InChI is InChI=1S/C16H14Cl2O3.K.H/c1-2-15(19)21-16-13(18)4-3-5-14(16)20-10-11-6-8-12(17)9-7-11;;/h3-9H,2,10H2,1H3;;. The van der Waals surface area contributed by atoms with Gasteiger partial charge in [0.25, 0.3) is 0 Å². The summed E-state index contributed by atoms with van der Waals surface area (Å²) in [7, 11) is 0. The van der Waals surface area contributed by atoms with Gasteiger partial charge in [0.1, 0.15) is 6.61 Å². The first-order chi connectivity index (χ1) is 10.1. The molecule has 0 saturated carbocycles. The number of esters is 1. The molecule has 2 rings (SSSR count). The van der Waals surface area contributed by atoms with E-state index in [-0.39, 0.29) is 69.5 Å². The molecule has 112 valence electrons. The quantitative estimate of drug-likeness (QED) is 0.452. The average molecular weight is 365 g/mol. The Morgan fingerprint density at radius 1 is 1.09 bits per heavy atom. The maximum atomic E-state index is 11.4. The van der Waals surface area contributed by atoms with Crippen molar-refractivity contribution in [1.82, 2.24) is 0 Å². The number of hydrogen-bond donors (Lipinski definition) is 0. The maximum absolute atomic E-state index is 11.4. The molecule has 0 heterocycles. The van der Waals surface area contributed by atoms with Gasteiger partial charge in [-0.1, -0.05) is 48.3 Å². The summed E-state index contributed by atoms with van der Waals surface area (Å²) < 4.78 is 10.9. The number of carbonyl (C=O) groups excluding carboxylic acids is 1. The fourth-order valence-corrected chi connectivity index (χ4v) is 1.96. The van der Waals surface area contributed by atoms with Gasteiger partial charge < -0.3 is 9.47 Å². The van der Waals surface area contributed by atoms with Crippen LogP contribution in [0.3, 0.4) is 0 Å². The summed E-state index contributed by atoms with van der Waals surface area (Å²) in [4.78, 5) is 11.4. The van der Waals surface area contributed by atoms with Crippen molar-refractivity contribution in [3.8, 4) is 11.5 Å². The minimum absolute atomic E-state index is 0. The van der Waals surface area contributed by atoms with Crippen LogP contribution in [0.25, 0.3) is 0 Å². The second-order valence-corrected chi connectivity index (χ2v) is 5.15. The van der Waals surface area contributed by atoms with Gasteiger partial charge in [0.05, 0.1) is 5.02 Å². The third kappa shape index (κ3) is 5.85. The van der Waals surface area contributed by atoms with E-state index in [9.17, 15) is 4.79 Å². The molecule has 0 aliphatic carbocycles. The zero-order chi connectivity index (χ0) is 15.2. The molecule has 0 amide bonds. The van der Waals surface area contributed by atoms with Gasteiger partial charge in [-0.15, -0.1) is 0 Å². The Morgan fingerprint density at radius 3 is 2.41 bits per heavy atom. The molecular formula is C16H15Cl2KO3. The van der Waals surface area contributed by atoms with Gasteiger partial charge in [0, 0.05) is 11.4 Å². The van der Waals surface area contributed by atoms with Crippen molar-refractivity contribution in [3.05, 3.63) is 58.1 Å². The summed E-state index contributed by atoms with van der Waals surface area (Å²) in [5.41, 5.74) is 0.951. The van der Waals surface area contributed by atoms with Crippen LogP contribution >= 0.6 is 23.2 Å². The number of hydrogen-bond acceptors (Lipinski definition) is 3. The van der Waals surface area contributed by atoms with Crippen molar-refractivity contribution in [2.75, 3.05) is 0 Å². The van der Waals surface area contributed by atoms with Gasteiger partial charge in [0.2, 0.25) is 0 Å². The molecule has 6 heteroatoms. The number of benzene rings is 2. The molecule has 0 spiro atoms. The van der Waals surface area contributed by atoms with Crippen LogP contribution < -0.4 is 9.47 Å². The molecule has 0 saturated heterocycles. The zero-order valence-corrected chi connectivity index (χ0v) is 12.9. The second kappa shape index (κ2) is 9.93. The molecule has 0 atom stereocenters. The average Bonchev–Trinajstić information content (AvgIpc) is 2.49. The van der Waals surface area contributed by atoms with Crippen LogP contribution in [0.1, 0.15) is 18.9 Å². The summed E-state index contributed by atoms with van der Waals surface area (Å²) in [6.45, 7) is 2.04. The number of rotatable bonds is 5. The molecule has 3 nitrogen and oxygen atoms in total. The van der Waals surface area contributed by atoms with Gasteiger partial charge in [-0.25, -0.2) is 0 Å². The Kier molecular flexibility index (Phi) is 9.01. The predicted octanol–water partition coefficient (Wildman–Crippen LogP) is 4.24. The Bertz CT molecular complexity index is 630. The second-order valence-electron chi connectivity index (χ2n) is 4.31. The first-order valence-electron chi connectivity index (χ1n) is 6.46. The fraction of sp³-hybridized carbons (Fsp3) is 0.188. The summed E-state index contributed by atoms with van der Waals surface area (Å²) in [5, 5.41) is 1.00. The van der Waals surface area contributed by atoms with Crippen molar-refractivity contribution in [2.45, 2.75) is 20.0 Å². The Labute approximate surface area is 182 Å². The van der Waals surface area contributed by atoms with Gasteiger partial charge in [-0.05, 0) is 29.8 Å². The van der Waals surface area contributed by atoms with Crippen LogP contribution in [0.5, 0.6) is 11.5 Å². The molecule has 0 fully saturated rings. The van der Waals surface area contributed by atoms with E-state index in [2.05, 4.69) is 0 Å². The molecule has 0 aromatic heterocycles. The van der Waals surface area contributed by atoms with Crippen LogP contribution in [0.4, 0.5) is 0 Å². The van der Waals surface area contributed by atoms with Gasteiger partial charge in [-0.3, -0.25) is 4.79 Å². The van der Waals surface area contributed by atoms with E-state index < -0.39 is 0 Å². The third-order valence-electron chi connectivity index (χ3n) is 2.74. The molecule has 2 aromatic rings. The predicted molar refractivity (Wildman–Crippen MR) is 90.3 cm³/mol. The molecule has 0 unspecified atom stereocenters. The Morgan fingerprint density at radius 2 is 1.77 bits per heavy atom. The Balaban J connectivity index is 0.00000242. The van der Waals surface area contributed by atoms with Crippen molar-refractivity contribution in [1.29, 1.82) is 0 Å². The SMILES string of the molecule is CCC(=O)Oc1c(Cl)cccc1OCc1ccc(Cl)cc1.[KH]. The van der Waals surface area contributed by atoms with E-state index >= 15 is 0 Å². The topological polar surface area (TPSA) is 35.5 Å². The molecule has 2 aromatic carbocycles. The van der Waals surface area contributed by atoms with E-state index in [0.29, 0.717) is 22.4 Å². The molecule has 22 heavy (non-hydrogen) atoms. The van der Waals surface area contributed by atoms with Gasteiger partial charge in [-0.2, -0.15) is 0 Å². The first kappa shape index (κ1) is 20.0. The number of halogens is 2. The van der Waals surface area contributed by atoms with Crippen molar-refractivity contribution in [3.63, 3.8) is 0 Å². The van der Waals surface area contributed by atoms with Crippen LogP contribution in [0, 0.1) is 0 Å². The van der Waals surface area contributed by atoms with E-state index in [4.69, 9.17) is 32.7 Å². The van der Waals surface area contributed by atoms with Crippen molar-refractivity contribution in [2.24, 2.45) is 0 Å².